The fraction of sp³-hybridized carbons (Fsp3) is 0.500. The van der Waals surface area contributed by atoms with E-state index in [2.05, 4.69) is 39.1 Å². The number of carbonyl (C=O) groups is 1. The van der Waals surface area contributed by atoms with Crippen LogP contribution in [0.25, 0.3) is 0 Å². The molecule has 0 spiro atoms. The van der Waals surface area contributed by atoms with Crippen molar-refractivity contribution in [1.29, 1.82) is 0 Å². The third-order valence-corrected chi connectivity index (χ3v) is 4.96. The van der Waals surface area contributed by atoms with Crippen molar-refractivity contribution in [3.63, 3.8) is 0 Å². The van der Waals surface area contributed by atoms with E-state index in [1.54, 1.807) is 0 Å². The Labute approximate surface area is 152 Å². The largest absolute Gasteiger partial charge is 0.382 e. The summed E-state index contributed by atoms with van der Waals surface area (Å²) in [4.78, 5) is 25.7. The average Bonchev–Trinajstić information content (AvgIpc) is 3.31. The minimum atomic E-state index is -0.687. The van der Waals surface area contributed by atoms with Gasteiger partial charge in [0.15, 0.2) is 0 Å². The molecule has 1 unspecified atom stereocenters. The second-order valence-electron chi connectivity index (χ2n) is 6.70. The zero-order valence-corrected chi connectivity index (χ0v) is 14.9. The van der Waals surface area contributed by atoms with Crippen LogP contribution in [-0.4, -0.2) is 74.9 Å². The number of morpholine rings is 1. The highest BCUT2D eigenvalue weighted by Crippen LogP contribution is 2.29. The molecular weight excluding hydrogens is 334 g/mol. The molecule has 1 amide bonds. The van der Waals surface area contributed by atoms with Crippen molar-refractivity contribution >= 4 is 23.1 Å². The first-order chi connectivity index (χ1) is 12.6. The summed E-state index contributed by atoms with van der Waals surface area (Å²) in [5.41, 5.74) is 9.24. The summed E-state index contributed by atoms with van der Waals surface area (Å²) in [7, 11) is 2.06. The van der Waals surface area contributed by atoms with E-state index < -0.39 is 12.0 Å². The summed E-state index contributed by atoms with van der Waals surface area (Å²) < 4.78 is 5.49. The van der Waals surface area contributed by atoms with E-state index in [0.717, 1.165) is 54.5 Å². The molecule has 1 aromatic carbocycles. The molecular formula is C18H23N5O3. The number of anilines is 1. The summed E-state index contributed by atoms with van der Waals surface area (Å²) in [6, 6.07) is 6.25. The Bertz CT molecular complexity index is 770. The van der Waals surface area contributed by atoms with Gasteiger partial charge in [-0.2, -0.15) is 0 Å². The Hall–Kier alpha value is -2.61. The quantitative estimate of drug-likeness (QED) is 0.831. The number of nitrogens with two attached hydrogens (primary N) is 1. The number of ether oxygens (including phenoxy) is 1. The van der Waals surface area contributed by atoms with E-state index in [0.29, 0.717) is 19.6 Å². The lowest BCUT2D eigenvalue weighted by Crippen LogP contribution is -2.37. The summed E-state index contributed by atoms with van der Waals surface area (Å²) in [6.45, 7) is 4.76. The van der Waals surface area contributed by atoms with Gasteiger partial charge in [0.2, 0.25) is 6.10 Å². The van der Waals surface area contributed by atoms with Gasteiger partial charge in [-0.05, 0) is 6.07 Å². The van der Waals surface area contributed by atoms with Gasteiger partial charge >= 0.3 is 0 Å². The van der Waals surface area contributed by atoms with Gasteiger partial charge in [-0.1, -0.05) is 17.3 Å². The molecule has 1 saturated heterocycles. The SMILES string of the molecule is CN1CCN=C1c1ccc(C2=NOC(C(N)=O)C2)c(N2CCOCC2)c1. The smallest absolute Gasteiger partial charge is 0.261 e. The molecule has 0 bridgehead atoms. The van der Waals surface area contributed by atoms with Crippen molar-refractivity contribution in [2.75, 3.05) is 51.3 Å². The van der Waals surface area contributed by atoms with Crippen molar-refractivity contribution in [2.24, 2.45) is 15.9 Å². The van der Waals surface area contributed by atoms with E-state index in [1.807, 2.05) is 6.07 Å². The molecule has 8 nitrogen and oxygen atoms in total. The van der Waals surface area contributed by atoms with Crippen molar-refractivity contribution in [3.05, 3.63) is 29.3 Å². The van der Waals surface area contributed by atoms with Gasteiger partial charge in [0.25, 0.3) is 5.91 Å². The highest BCUT2D eigenvalue weighted by Gasteiger charge is 2.30. The zero-order valence-electron chi connectivity index (χ0n) is 14.9. The first-order valence-electron chi connectivity index (χ1n) is 8.88. The van der Waals surface area contributed by atoms with Crippen LogP contribution in [0, 0.1) is 0 Å². The normalized spacial score (nSPS) is 22.9. The maximum Gasteiger partial charge on any atom is 0.261 e. The number of aliphatic imine (C=N–C) groups is 1. The van der Waals surface area contributed by atoms with Gasteiger partial charge in [0.05, 0.1) is 25.5 Å². The fourth-order valence-corrected chi connectivity index (χ4v) is 3.51. The lowest BCUT2D eigenvalue weighted by Gasteiger charge is -2.31. The van der Waals surface area contributed by atoms with Crippen molar-refractivity contribution in [2.45, 2.75) is 12.5 Å². The van der Waals surface area contributed by atoms with Crippen molar-refractivity contribution in [1.82, 2.24) is 4.90 Å². The minimum absolute atomic E-state index is 0.396. The number of rotatable bonds is 4. The lowest BCUT2D eigenvalue weighted by molar-refractivity contribution is -0.127. The molecule has 0 aliphatic carbocycles. The molecule has 8 heteroatoms. The number of hydrogen-bond acceptors (Lipinski definition) is 7. The van der Waals surface area contributed by atoms with E-state index in [4.69, 9.17) is 15.3 Å². The number of likely N-dealkylation sites (N-methyl/N-ethyl adjacent to an activating group) is 1. The lowest BCUT2D eigenvalue weighted by atomic mass is 9.99. The molecule has 1 aromatic rings. The number of primary amides is 1. The number of oxime groups is 1. The van der Waals surface area contributed by atoms with E-state index in [1.165, 1.54) is 0 Å². The molecule has 2 N–H and O–H groups in total. The molecule has 1 atom stereocenters. The topological polar surface area (TPSA) is 92.8 Å². The molecule has 138 valence electrons. The van der Waals surface area contributed by atoms with Crippen LogP contribution in [-0.2, 0) is 14.4 Å². The predicted octanol–water partition coefficient (Wildman–Crippen LogP) is 0.194. The Balaban J connectivity index is 1.70. The Kier molecular flexibility index (Phi) is 4.50. The molecule has 26 heavy (non-hydrogen) atoms. The Morgan fingerprint density at radius 2 is 2.08 bits per heavy atom. The average molecular weight is 357 g/mol. The molecule has 0 radical (unpaired) electrons. The van der Waals surface area contributed by atoms with Crippen LogP contribution >= 0.6 is 0 Å². The fourth-order valence-electron chi connectivity index (χ4n) is 3.51. The van der Waals surface area contributed by atoms with Crippen LogP contribution < -0.4 is 10.6 Å². The van der Waals surface area contributed by atoms with E-state index in [9.17, 15) is 4.79 Å². The molecule has 0 aromatic heterocycles. The van der Waals surface area contributed by atoms with Crippen LogP contribution in [0.2, 0.25) is 0 Å². The van der Waals surface area contributed by atoms with Gasteiger partial charge in [0, 0.05) is 49.9 Å². The summed E-state index contributed by atoms with van der Waals surface area (Å²) in [5.74, 6) is 0.515. The van der Waals surface area contributed by atoms with Gasteiger partial charge in [-0.3, -0.25) is 9.79 Å². The number of carbonyl (C=O) groups excluding carboxylic acids is 1. The number of amides is 1. The third kappa shape index (κ3) is 3.12. The minimum Gasteiger partial charge on any atom is -0.382 e. The van der Waals surface area contributed by atoms with Gasteiger partial charge in [0.1, 0.15) is 5.84 Å². The highest BCUT2D eigenvalue weighted by atomic mass is 16.6. The molecule has 3 aliphatic rings. The summed E-state index contributed by atoms with van der Waals surface area (Å²) >= 11 is 0. The maximum absolute atomic E-state index is 11.4. The third-order valence-electron chi connectivity index (χ3n) is 4.96. The van der Waals surface area contributed by atoms with Crippen LogP contribution in [0.5, 0.6) is 0 Å². The monoisotopic (exact) mass is 357 g/mol. The number of hydrogen-bond donors (Lipinski definition) is 1. The molecule has 1 fully saturated rings. The van der Waals surface area contributed by atoms with E-state index in [-0.39, 0.29) is 0 Å². The summed E-state index contributed by atoms with van der Waals surface area (Å²) in [5, 5.41) is 4.12. The van der Waals surface area contributed by atoms with Crippen LogP contribution in [0.1, 0.15) is 17.5 Å². The number of nitrogens with zero attached hydrogens (tertiary/aromatic N) is 4. The van der Waals surface area contributed by atoms with Gasteiger partial charge in [-0.25, -0.2) is 0 Å². The van der Waals surface area contributed by atoms with Crippen LogP contribution in [0.15, 0.2) is 28.3 Å². The molecule has 3 aliphatic heterocycles. The second-order valence-corrected chi connectivity index (χ2v) is 6.70. The van der Waals surface area contributed by atoms with Crippen LogP contribution in [0.3, 0.4) is 0 Å². The van der Waals surface area contributed by atoms with Gasteiger partial charge < -0.3 is 25.1 Å². The van der Waals surface area contributed by atoms with Crippen molar-refractivity contribution < 1.29 is 14.4 Å². The van der Waals surface area contributed by atoms with E-state index >= 15 is 0 Å². The first-order valence-corrected chi connectivity index (χ1v) is 8.88. The maximum atomic E-state index is 11.4. The second kappa shape index (κ2) is 6.95. The first kappa shape index (κ1) is 16.8. The standard InChI is InChI=1S/C18H23N5O3/c1-22-5-4-20-18(22)12-2-3-13(14-11-16(17(19)24)26-21-14)15(10-12)23-6-8-25-9-7-23/h2-3,10,16H,4-9,11H2,1H3,(H2,19,24). The predicted molar refractivity (Wildman–Crippen MR) is 98.7 cm³/mol. The summed E-state index contributed by atoms with van der Waals surface area (Å²) in [6.07, 6.45) is -0.292. The van der Waals surface area contributed by atoms with Gasteiger partial charge in [-0.15, -0.1) is 0 Å². The highest BCUT2D eigenvalue weighted by molar-refractivity contribution is 6.09. The molecule has 4 rings (SSSR count). The number of benzene rings is 1. The number of amidine groups is 1. The zero-order chi connectivity index (χ0) is 18.1. The molecule has 3 heterocycles. The Morgan fingerprint density at radius 3 is 2.73 bits per heavy atom. The Morgan fingerprint density at radius 1 is 1.27 bits per heavy atom. The van der Waals surface area contributed by atoms with Crippen molar-refractivity contribution in [3.8, 4) is 0 Å². The molecule has 0 saturated carbocycles. The van der Waals surface area contributed by atoms with Crippen LogP contribution in [0.4, 0.5) is 5.69 Å².